The molecule has 5 heteroatoms. The predicted octanol–water partition coefficient (Wildman–Crippen LogP) is 1.32. The van der Waals surface area contributed by atoms with Gasteiger partial charge in [-0.25, -0.2) is 0 Å². The number of H-pyrrole nitrogens is 1. The molecule has 0 aliphatic heterocycles. The van der Waals surface area contributed by atoms with E-state index in [1.165, 1.54) is 11.3 Å². The Morgan fingerprint density at radius 1 is 1.50 bits per heavy atom. The van der Waals surface area contributed by atoms with E-state index in [1.807, 2.05) is 5.38 Å². The van der Waals surface area contributed by atoms with Crippen LogP contribution < -0.4 is 10.2 Å². The highest BCUT2D eigenvalue weighted by molar-refractivity contribution is 7.07. The van der Waals surface area contributed by atoms with Gasteiger partial charge in [0.2, 0.25) is 0 Å². The molecule has 0 aliphatic rings. The fourth-order valence-corrected chi connectivity index (χ4v) is 2.22. The average molecular weight is 244 g/mol. The first-order valence-electron chi connectivity index (χ1n) is 5.64. The lowest BCUT2D eigenvalue weighted by Crippen LogP contribution is -2.36. The van der Waals surface area contributed by atoms with Gasteiger partial charge in [-0.3, -0.25) is 4.79 Å². The number of aliphatic hydroxyl groups is 1. The van der Waals surface area contributed by atoms with E-state index in [0.717, 1.165) is 25.1 Å². The Bertz CT molecular complexity index is 347. The van der Waals surface area contributed by atoms with Crippen molar-refractivity contribution in [3.8, 4) is 0 Å². The molecule has 0 unspecified atom stereocenters. The highest BCUT2D eigenvalue weighted by atomic mass is 32.1. The van der Waals surface area contributed by atoms with E-state index in [4.69, 9.17) is 0 Å². The van der Waals surface area contributed by atoms with Crippen molar-refractivity contribution >= 4 is 11.3 Å². The van der Waals surface area contributed by atoms with Gasteiger partial charge in [-0.05, 0) is 12.8 Å². The summed E-state index contributed by atoms with van der Waals surface area (Å²) in [6, 6.07) is 0. The highest BCUT2D eigenvalue weighted by Gasteiger charge is 2.24. The minimum atomic E-state index is -0.0314. The Kier molecular flexibility index (Phi) is 5.18. The molecule has 0 amide bonds. The number of thiazole rings is 1. The van der Waals surface area contributed by atoms with Gasteiger partial charge in [0.25, 0.3) is 0 Å². The number of aromatic amines is 1. The SMILES string of the molecule is CCC(CC)(CO)CNCc1csc(=O)[nH]1. The van der Waals surface area contributed by atoms with Crippen molar-refractivity contribution in [2.24, 2.45) is 5.41 Å². The monoisotopic (exact) mass is 244 g/mol. The van der Waals surface area contributed by atoms with Crippen molar-refractivity contribution in [2.45, 2.75) is 33.2 Å². The molecule has 92 valence electrons. The maximum Gasteiger partial charge on any atom is 0.304 e. The second-order valence-electron chi connectivity index (χ2n) is 4.14. The first-order chi connectivity index (χ1) is 7.65. The van der Waals surface area contributed by atoms with E-state index in [1.54, 1.807) is 0 Å². The van der Waals surface area contributed by atoms with Gasteiger partial charge in [-0.15, -0.1) is 0 Å². The van der Waals surface area contributed by atoms with Crippen LogP contribution in [0.5, 0.6) is 0 Å². The number of hydrogen-bond acceptors (Lipinski definition) is 4. The summed E-state index contributed by atoms with van der Waals surface area (Å²) in [7, 11) is 0. The molecule has 0 radical (unpaired) electrons. The van der Waals surface area contributed by atoms with Crippen LogP contribution >= 0.6 is 11.3 Å². The molecule has 0 aliphatic carbocycles. The van der Waals surface area contributed by atoms with E-state index in [-0.39, 0.29) is 16.9 Å². The third-order valence-electron chi connectivity index (χ3n) is 3.22. The Labute approximate surface area is 99.7 Å². The predicted molar refractivity (Wildman–Crippen MR) is 66.7 cm³/mol. The summed E-state index contributed by atoms with van der Waals surface area (Å²) < 4.78 is 0. The van der Waals surface area contributed by atoms with Gasteiger partial charge in [-0.2, -0.15) is 0 Å². The van der Waals surface area contributed by atoms with Crippen LogP contribution in [0.1, 0.15) is 32.4 Å². The zero-order valence-corrected chi connectivity index (χ0v) is 10.7. The molecule has 0 fully saturated rings. The molecule has 16 heavy (non-hydrogen) atoms. The van der Waals surface area contributed by atoms with E-state index >= 15 is 0 Å². The van der Waals surface area contributed by atoms with Gasteiger partial charge in [-0.1, -0.05) is 25.2 Å². The van der Waals surface area contributed by atoms with Crippen molar-refractivity contribution in [1.82, 2.24) is 10.3 Å². The average Bonchev–Trinajstić information content (AvgIpc) is 2.71. The van der Waals surface area contributed by atoms with Crippen LogP contribution in [0.25, 0.3) is 0 Å². The molecular formula is C11H20N2O2S. The van der Waals surface area contributed by atoms with Gasteiger partial charge in [0.15, 0.2) is 0 Å². The largest absolute Gasteiger partial charge is 0.396 e. The van der Waals surface area contributed by atoms with E-state index < -0.39 is 0 Å². The molecule has 4 nitrogen and oxygen atoms in total. The maximum absolute atomic E-state index is 10.9. The molecule has 1 heterocycles. The first-order valence-corrected chi connectivity index (χ1v) is 6.52. The van der Waals surface area contributed by atoms with E-state index in [9.17, 15) is 9.90 Å². The quantitative estimate of drug-likeness (QED) is 0.678. The van der Waals surface area contributed by atoms with Gasteiger partial charge in [0.1, 0.15) is 0 Å². The highest BCUT2D eigenvalue weighted by Crippen LogP contribution is 2.24. The molecule has 1 aromatic rings. The van der Waals surface area contributed by atoms with Crippen LogP contribution in [0.2, 0.25) is 0 Å². The third-order valence-corrected chi connectivity index (χ3v) is 3.94. The number of aromatic nitrogens is 1. The van der Waals surface area contributed by atoms with Crippen molar-refractivity contribution in [3.63, 3.8) is 0 Å². The van der Waals surface area contributed by atoms with Crippen LogP contribution in [0, 0.1) is 5.41 Å². The topological polar surface area (TPSA) is 65.1 Å². The molecule has 0 aromatic carbocycles. The van der Waals surface area contributed by atoms with Crippen LogP contribution in [0.15, 0.2) is 10.2 Å². The van der Waals surface area contributed by atoms with Crippen molar-refractivity contribution in [1.29, 1.82) is 0 Å². The smallest absolute Gasteiger partial charge is 0.304 e. The number of aliphatic hydroxyl groups excluding tert-OH is 1. The summed E-state index contributed by atoms with van der Waals surface area (Å²) in [5.74, 6) is 0. The molecular weight excluding hydrogens is 224 g/mol. The number of hydrogen-bond donors (Lipinski definition) is 3. The Morgan fingerprint density at radius 3 is 2.62 bits per heavy atom. The van der Waals surface area contributed by atoms with Crippen molar-refractivity contribution < 1.29 is 5.11 Å². The van der Waals surface area contributed by atoms with Crippen LogP contribution in [0.3, 0.4) is 0 Å². The van der Waals surface area contributed by atoms with Crippen LogP contribution in [-0.2, 0) is 6.54 Å². The molecule has 0 spiro atoms. The number of rotatable bonds is 7. The maximum atomic E-state index is 10.9. The summed E-state index contributed by atoms with van der Waals surface area (Å²) in [6.45, 7) is 5.81. The Hall–Kier alpha value is -0.650. The van der Waals surface area contributed by atoms with E-state index in [2.05, 4.69) is 24.1 Å². The second-order valence-corrected chi connectivity index (χ2v) is 4.98. The summed E-state index contributed by atoms with van der Waals surface area (Å²) in [4.78, 5) is 13.7. The third kappa shape index (κ3) is 3.43. The zero-order valence-electron chi connectivity index (χ0n) is 9.88. The minimum Gasteiger partial charge on any atom is -0.396 e. The lowest BCUT2D eigenvalue weighted by molar-refractivity contribution is 0.113. The molecule has 0 saturated carbocycles. The van der Waals surface area contributed by atoms with Gasteiger partial charge < -0.3 is 15.4 Å². The fraction of sp³-hybridized carbons (Fsp3) is 0.727. The van der Waals surface area contributed by atoms with Gasteiger partial charge in [0.05, 0.1) is 0 Å². The molecule has 0 bridgehead atoms. The minimum absolute atomic E-state index is 0.0174. The molecule has 1 rings (SSSR count). The lowest BCUT2D eigenvalue weighted by atomic mass is 9.83. The first kappa shape index (κ1) is 13.4. The second kappa shape index (κ2) is 6.18. The summed E-state index contributed by atoms with van der Waals surface area (Å²) >= 11 is 1.18. The summed E-state index contributed by atoms with van der Waals surface area (Å²) in [6.07, 6.45) is 1.90. The zero-order chi connectivity index (χ0) is 12.0. The van der Waals surface area contributed by atoms with Crippen molar-refractivity contribution in [2.75, 3.05) is 13.2 Å². The summed E-state index contributed by atoms with van der Waals surface area (Å²) in [5, 5.41) is 14.5. The molecule has 0 atom stereocenters. The lowest BCUT2D eigenvalue weighted by Gasteiger charge is -2.29. The van der Waals surface area contributed by atoms with Crippen molar-refractivity contribution in [3.05, 3.63) is 20.7 Å². The van der Waals surface area contributed by atoms with Crippen LogP contribution in [-0.4, -0.2) is 23.2 Å². The Balaban J connectivity index is 2.42. The standard InChI is InChI=1S/C11H20N2O2S/c1-3-11(4-2,8-14)7-12-5-9-6-16-10(15)13-9/h6,12,14H,3-5,7-8H2,1-2H3,(H,13,15). The van der Waals surface area contributed by atoms with Crippen LogP contribution in [0.4, 0.5) is 0 Å². The molecule has 0 saturated heterocycles. The van der Waals surface area contributed by atoms with Gasteiger partial charge in [0, 0.05) is 36.2 Å². The molecule has 3 N–H and O–H groups in total. The van der Waals surface area contributed by atoms with Gasteiger partial charge >= 0.3 is 4.87 Å². The Morgan fingerprint density at radius 2 is 2.19 bits per heavy atom. The van der Waals surface area contributed by atoms with E-state index in [0.29, 0.717) is 6.54 Å². The number of nitrogens with one attached hydrogen (secondary N) is 2. The summed E-state index contributed by atoms with van der Waals surface area (Å²) in [5.41, 5.74) is 0.880. The fourth-order valence-electron chi connectivity index (χ4n) is 1.64. The molecule has 1 aromatic heterocycles. The normalized spacial score (nSPS) is 11.9.